The van der Waals surface area contributed by atoms with Crippen LogP contribution in [-0.4, -0.2) is 37.5 Å². The Morgan fingerprint density at radius 2 is 2.17 bits per heavy atom. The zero-order chi connectivity index (χ0) is 13.0. The summed E-state index contributed by atoms with van der Waals surface area (Å²) >= 11 is 0. The summed E-state index contributed by atoms with van der Waals surface area (Å²) in [6, 6.07) is 9.11. The lowest BCUT2D eigenvalue weighted by molar-refractivity contribution is 0.402. The standard InChI is InChI=1S/C14H22N4/c1-11-8-15-14(17-11)16-9-12-5-4-6-13(7-12)10-18(2)3/h4-7,11H,8-10H2,1-3H3,(H2,15,16,17). The van der Waals surface area contributed by atoms with Crippen molar-refractivity contribution in [1.82, 2.24) is 15.5 Å². The number of hydrogen-bond donors (Lipinski definition) is 2. The van der Waals surface area contributed by atoms with Crippen LogP contribution >= 0.6 is 0 Å². The van der Waals surface area contributed by atoms with Gasteiger partial charge in [-0.05, 0) is 32.1 Å². The van der Waals surface area contributed by atoms with Crippen LogP contribution in [-0.2, 0) is 13.1 Å². The van der Waals surface area contributed by atoms with Gasteiger partial charge in [0, 0.05) is 19.1 Å². The Morgan fingerprint density at radius 1 is 1.39 bits per heavy atom. The highest BCUT2D eigenvalue weighted by atomic mass is 15.2. The zero-order valence-corrected chi connectivity index (χ0v) is 11.4. The maximum atomic E-state index is 4.39. The number of guanidine groups is 1. The molecule has 0 saturated heterocycles. The van der Waals surface area contributed by atoms with Crippen LogP contribution in [0.15, 0.2) is 29.3 Å². The van der Waals surface area contributed by atoms with Gasteiger partial charge in [0.05, 0.1) is 6.54 Å². The van der Waals surface area contributed by atoms with Crippen LogP contribution < -0.4 is 10.6 Å². The van der Waals surface area contributed by atoms with Crippen LogP contribution in [0.1, 0.15) is 18.1 Å². The molecule has 0 amide bonds. The van der Waals surface area contributed by atoms with E-state index in [1.807, 2.05) is 0 Å². The molecule has 1 heterocycles. The molecule has 2 rings (SSSR count). The van der Waals surface area contributed by atoms with Crippen LogP contribution in [0.4, 0.5) is 0 Å². The Kier molecular flexibility index (Phi) is 4.20. The molecule has 1 aromatic rings. The molecule has 0 radical (unpaired) electrons. The molecular formula is C14H22N4. The molecule has 1 unspecified atom stereocenters. The number of benzene rings is 1. The molecule has 18 heavy (non-hydrogen) atoms. The van der Waals surface area contributed by atoms with Crippen LogP contribution in [0.25, 0.3) is 0 Å². The van der Waals surface area contributed by atoms with Gasteiger partial charge < -0.3 is 15.5 Å². The Hall–Kier alpha value is -1.55. The zero-order valence-electron chi connectivity index (χ0n) is 11.4. The summed E-state index contributed by atoms with van der Waals surface area (Å²) in [5.74, 6) is 0.917. The normalized spacial score (nSPS) is 18.7. The second-order valence-electron chi connectivity index (χ2n) is 5.15. The largest absolute Gasteiger partial charge is 0.352 e. The number of hydrogen-bond acceptors (Lipinski definition) is 4. The Bertz CT molecular complexity index is 426. The summed E-state index contributed by atoms with van der Waals surface area (Å²) < 4.78 is 0. The number of aliphatic imine (C=N–C) groups is 1. The smallest absolute Gasteiger partial charge is 0.191 e. The summed E-state index contributed by atoms with van der Waals surface area (Å²) in [5.41, 5.74) is 2.63. The van der Waals surface area contributed by atoms with Crippen molar-refractivity contribution in [3.8, 4) is 0 Å². The first-order chi connectivity index (χ1) is 8.63. The van der Waals surface area contributed by atoms with Gasteiger partial charge >= 0.3 is 0 Å². The molecule has 0 spiro atoms. The molecule has 4 nitrogen and oxygen atoms in total. The van der Waals surface area contributed by atoms with Crippen molar-refractivity contribution in [2.45, 2.75) is 26.1 Å². The van der Waals surface area contributed by atoms with E-state index in [0.29, 0.717) is 6.04 Å². The molecule has 0 aliphatic carbocycles. The third-order valence-electron chi connectivity index (χ3n) is 2.86. The first-order valence-corrected chi connectivity index (χ1v) is 6.41. The van der Waals surface area contributed by atoms with Crippen molar-refractivity contribution >= 4 is 5.96 Å². The third-order valence-corrected chi connectivity index (χ3v) is 2.86. The van der Waals surface area contributed by atoms with Gasteiger partial charge in [-0.2, -0.15) is 0 Å². The Labute approximate surface area is 109 Å². The second kappa shape index (κ2) is 5.87. The highest BCUT2D eigenvalue weighted by molar-refractivity contribution is 5.81. The molecule has 2 N–H and O–H groups in total. The van der Waals surface area contributed by atoms with Crippen molar-refractivity contribution in [3.63, 3.8) is 0 Å². The van der Waals surface area contributed by atoms with Gasteiger partial charge in [-0.3, -0.25) is 4.99 Å². The molecule has 98 valence electrons. The second-order valence-corrected chi connectivity index (χ2v) is 5.15. The molecule has 1 aromatic carbocycles. The molecule has 0 bridgehead atoms. The fraction of sp³-hybridized carbons (Fsp3) is 0.500. The first-order valence-electron chi connectivity index (χ1n) is 6.41. The minimum atomic E-state index is 0.451. The van der Waals surface area contributed by atoms with Crippen LogP contribution in [0.3, 0.4) is 0 Å². The van der Waals surface area contributed by atoms with Crippen molar-refractivity contribution in [2.24, 2.45) is 4.99 Å². The number of nitrogens with zero attached hydrogens (tertiary/aromatic N) is 2. The molecule has 1 aliphatic heterocycles. The highest BCUT2D eigenvalue weighted by Crippen LogP contribution is 2.07. The molecular weight excluding hydrogens is 224 g/mol. The van der Waals surface area contributed by atoms with Gasteiger partial charge in [0.2, 0.25) is 0 Å². The van der Waals surface area contributed by atoms with Crippen LogP contribution in [0.2, 0.25) is 0 Å². The van der Waals surface area contributed by atoms with E-state index in [1.54, 1.807) is 0 Å². The van der Waals surface area contributed by atoms with Crippen LogP contribution in [0.5, 0.6) is 0 Å². The quantitative estimate of drug-likeness (QED) is 0.838. The Morgan fingerprint density at radius 3 is 2.83 bits per heavy atom. The van der Waals surface area contributed by atoms with Crippen molar-refractivity contribution < 1.29 is 0 Å². The fourth-order valence-electron chi connectivity index (χ4n) is 2.05. The van der Waals surface area contributed by atoms with E-state index in [1.165, 1.54) is 11.1 Å². The average molecular weight is 246 g/mol. The Balaban J connectivity index is 1.89. The van der Waals surface area contributed by atoms with Crippen molar-refractivity contribution in [2.75, 3.05) is 20.6 Å². The molecule has 0 saturated carbocycles. The molecule has 4 heteroatoms. The summed E-state index contributed by atoms with van der Waals surface area (Å²) in [5, 5.41) is 6.64. The molecule has 1 aliphatic rings. The maximum Gasteiger partial charge on any atom is 0.191 e. The maximum absolute atomic E-state index is 4.39. The van der Waals surface area contributed by atoms with E-state index in [2.05, 4.69) is 65.8 Å². The summed E-state index contributed by atoms with van der Waals surface area (Å²) in [6.45, 7) is 4.79. The number of rotatable bonds is 4. The van der Waals surface area contributed by atoms with E-state index < -0.39 is 0 Å². The average Bonchev–Trinajstić information content (AvgIpc) is 2.72. The molecule has 1 atom stereocenters. The number of nitrogens with one attached hydrogen (secondary N) is 2. The predicted octanol–water partition coefficient (Wildman–Crippen LogP) is 1.19. The van der Waals surface area contributed by atoms with E-state index in [-0.39, 0.29) is 0 Å². The van der Waals surface area contributed by atoms with E-state index in [9.17, 15) is 0 Å². The predicted molar refractivity (Wildman–Crippen MR) is 75.6 cm³/mol. The third kappa shape index (κ3) is 3.74. The highest BCUT2D eigenvalue weighted by Gasteiger charge is 2.11. The monoisotopic (exact) mass is 246 g/mol. The summed E-state index contributed by atoms with van der Waals surface area (Å²) in [6.07, 6.45) is 0. The van der Waals surface area contributed by atoms with Crippen molar-refractivity contribution in [3.05, 3.63) is 35.4 Å². The van der Waals surface area contributed by atoms with Gasteiger partial charge in [-0.15, -0.1) is 0 Å². The molecule has 0 aromatic heterocycles. The fourth-order valence-corrected chi connectivity index (χ4v) is 2.05. The lowest BCUT2D eigenvalue weighted by Crippen LogP contribution is -2.37. The van der Waals surface area contributed by atoms with Gasteiger partial charge in [0.25, 0.3) is 0 Å². The molecule has 0 fully saturated rings. The van der Waals surface area contributed by atoms with E-state index >= 15 is 0 Å². The summed E-state index contributed by atoms with van der Waals surface area (Å²) in [4.78, 5) is 6.57. The minimum Gasteiger partial charge on any atom is -0.352 e. The van der Waals surface area contributed by atoms with E-state index in [0.717, 1.165) is 25.6 Å². The summed E-state index contributed by atoms with van der Waals surface area (Å²) in [7, 11) is 4.17. The van der Waals surface area contributed by atoms with E-state index in [4.69, 9.17) is 0 Å². The first kappa shape index (κ1) is 12.9. The van der Waals surface area contributed by atoms with Crippen LogP contribution in [0, 0.1) is 0 Å². The van der Waals surface area contributed by atoms with Gasteiger partial charge in [0.15, 0.2) is 5.96 Å². The van der Waals surface area contributed by atoms with Gasteiger partial charge in [-0.25, -0.2) is 0 Å². The topological polar surface area (TPSA) is 39.7 Å². The lowest BCUT2D eigenvalue weighted by atomic mass is 10.1. The van der Waals surface area contributed by atoms with Gasteiger partial charge in [0.1, 0.15) is 0 Å². The van der Waals surface area contributed by atoms with Gasteiger partial charge in [-0.1, -0.05) is 24.3 Å². The minimum absolute atomic E-state index is 0.451. The van der Waals surface area contributed by atoms with Crippen molar-refractivity contribution in [1.29, 1.82) is 0 Å². The SMILES string of the molecule is CC1CN=C(NCc2cccc(CN(C)C)c2)N1. The lowest BCUT2D eigenvalue weighted by Gasteiger charge is -2.12.